The number of hydrogen-bond donors (Lipinski definition) is 2. The third-order valence-corrected chi connectivity index (χ3v) is 7.18. The van der Waals surface area contributed by atoms with Crippen LogP contribution in [0.5, 0.6) is 5.75 Å². The molecule has 1 saturated heterocycles. The van der Waals surface area contributed by atoms with Crippen LogP contribution in [0.15, 0.2) is 72.9 Å². The normalized spacial score (nSPS) is 17.1. The molecule has 9 heteroatoms. The Bertz CT molecular complexity index is 1490. The van der Waals surface area contributed by atoms with Gasteiger partial charge in [0, 0.05) is 28.3 Å². The lowest BCUT2D eigenvalue weighted by molar-refractivity contribution is 0.0600. The van der Waals surface area contributed by atoms with E-state index in [9.17, 15) is 9.90 Å². The molecule has 0 bridgehead atoms. The number of benzene rings is 2. The molecule has 7 nitrogen and oxygen atoms in total. The zero-order valence-electron chi connectivity index (χ0n) is 20.5. The molecule has 2 N–H and O–H groups in total. The first kappa shape index (κ1) is 24.8. The number of aromatic nitrogens is 2. The number of methoxy groups -OCH3 is 1. The monoisotopic (exact) mass is 532 g/mol. The third kappa shape index (κ3) is 4.43. The fourth-order valence-electron chi connectivity index (χ4n) is 4.97. The summed E-state index contributed by atoms with van der Waals surface area (Å²) in [5, 5.41) is 15.2. The highest BCUT2D eigenvalue weighted by Crippen LogP contribution is 2.46. The van der Waals surface area contributed by atoms with Gasteiger partial charge in [-0.2, -0.15) is 0 Å². The van der Waals surface area contributed by atoms with Crippen molar-refractivity contribution in [3.8, 4) is 11.4 Å². The van der Waals surface area contributed by atoms with Crippen LogP contribution in [-0.4, -0.2) is 32.8 Å². The first-order valence-electron chi connectivity index (χ1n) is 11.7. The number of nitrogens with zero attached hydrogens (tertiary/aromatic N) is 3. The molecule has 5 rings (SSSR count). The molecular weight excluding hydrogens is 508 g/mol. The Kier molecular flexibility index (Phi) is 6.62. The molecule has 1 fully saturated rings. The molecule has 1 aliphatic heterocycles. The predicted octanol–water partition coefficient (Wildman–Crippen LogP) is 5.81. The van der Waals surface area contributed by atoms with E-state index in [-0.39, 0.29) is 23.8 Å². The average molecular weight is 533 g/mol. The molecule has 4 aromatic rings. The molecule has 0 amide bonds. The number of halogens is 1. The number of carbonyl (C=O) groups is 1. The minimum Gasteiger partial charge on any atom is -0.506 e. The van der Waals surface area contributed by atoms with Gasteiger partial charge >= 0.3 is 5.97 Å². The first-order chi connectivity index (χ1) is 17.8. The van der Waals surface area contributed by atoms with Gasteiger partial charge in [0.15, 0.2) is 5.11 Å². The van der Waals surface area contributed by atoms with Gasteiger partial charge < -0.3 is 24.6 Å². The number of phenols is 1. The highest BCUT2D eigenvalue weighted by atomic mass is 35.5. The molecule has 0 unspecified atom stereocenters. The summed E-state index contributed by atoms with van der Waals surface area (Å²) < 4.78 is 6.96. The Morgan fingerprint density at radius 3 is 2.54 bits per heavy atom. The maximum Gasteiger partial charge on any atom is 0.337 e. The van der Waals surface area contributed by atoms with Crippen molar-refractivity contribution in [2.45, 2.75) is 25.9 Å². The van der Waals surface area contributed by atoms with Crippen LogP contribution >= 0.6 is 23.8 Å². The second-order valence-corrected chi connectivity index (χ2v) is 9.65. The molecule has 1 aliphatic rings. The number of anilines is 1. The highest BCUT2D eigenvalue weighted by Gasteiger charge is 2.43. The summed E-state index contributed by atoms with van der Waals surface area (Å²) in [6.07, 6.45) is 1.75. The molecule has 2 aromatic heterocycles. The van der Waals surface area contributed by atoms with Crippen molar-refractivity contribution in [2.75, 3.05) is 12.0 Å². The zero-order valence-corrected chi connectivity index (χ0v) is 22.0. The smallest absolute Gasteiger partial charge is 0.337 e. The maximum absolute atomic E-state index is 11.9. The van der Waals surface area contributed by atoms with Crippen molar-refractivity contribution in [3.63, 3.8) is 0 Å². The number of esters is 1. The number of aryl methyl sites for hydroxylation is 1. The van der Waals surface area contributed by atoms with Crippen molar-refractivity contribution < 1.29 is 14.6 Å². The quantitative estimate of drug-likeness (QED) is 0.248. The van der Waals surface area contributed by atoms with Gasteiger partial charge in [0.2, 0.25) is 0 Å². The molecule has 0 saturated carbocycles. The summed E-state index contributed by atoms with van der Waals surface area (Å²) in [7, 11) is 1.37. The van der Waals surface area contributed by atoms with Gasteiger partial charge in [0.1, 0.15) is 5.75 Å². The molecule has 0 radical (unpaired) electrons. The van der Waals surface area contributed by atoms with Crippen LogP contribution in [0.2, 0.25) is 5.02 Å². The van der Waals surface area contributed by atoms with Crippen LogP contribution in [0.1, 0.15) is 45.1 Å². The molecule has 188 valence electrons. The number of phenolic OH excluding ortho intramolecular Hbond substituents is 1. The lowest BCUT2D eigenvalue weighted by Gasteiger charge is -2.28. The van der Waals surface area contributed by atoms with Crippen LogP contribution in [-0.2, 0) is 4.74 Å². The van der Waals surface area contributed by atoms with Crippen molar-refractivity contribution in [2.24, 2.45) is 0 Å². The summed E-state index contributed by atoms with van der Waals surface area (Å²) in [6.45, 7) is 4.08. The number of aromatic hydroxyl groups is 1. The van der Waals surface area contributed by atoms with E-state index in [4.69, 9.17) is 28.6 Å². The van der Waals surface area contributed by atoms with Crippen LogP contribution < -0.4 is 10.2 Å². The Labute approximate surface area is 225 Å². The Hall–Kier alpha value is -3.88. The molecule has 0 spiro atoms. The van der Waals surface area contributed by atoms with Crippen LogP contribution in [0.4, 0.5) is 5.69 Å². The first-order valence-corrected chi connectivity index (χ1v) is 12.5. The van der Waals surface area contributed by atoms with E-state index in [0.29, 0.717) is 21.4 Å². The standard InChI is InChI=1S/C28H25ClN4O3S/c1-16-14-21(17(2)32(16)20-10-7-18(8-11-20)27(35)36-3)26-25(22-6-4-5-13-30-22)31-28(37)33(26)23-15-19(29)9-12-24(23)34/h4-15,25-26,34H,1-3H3,(H,31,37)/t25-,26+/m0/s1. The highest BCUT2D eigenvalue weighted by molar-refractivity contribution is 7.80. The summed E-state index contributed by atoms with van der Waals surface area (Å²) in [5.41, 5.74) is 5.74. The second kappa shape index (κ2) is 9.88. The van der Waals surface area contributed by atoms with Gasteiger partial charge in [-0.1, -0.05) is 17.7 Å². The Morgan fingerprint density at radius 2 is 1.86 bits per heavy atom. The molecule has 0 aliphatic carbocycles. The zero-order chi connectivity index (χ0) is 26.3. The third-order valence-electron chi connectivity index (χ3n) is 6.63. The number of pyridine rings is 1. The van der Waals surface area contributed by atoms with Crippen molar-refractivity contribution in [1.29, 1.82) is 0 Å². The van der Waals surface area contributed by atoms with E-state index in [1.807, 2.05) is 49.1 Å². The maximum atomic E-state index is 11.9. The molecular formula is C28H25ClN4O3S. The van der Waals surface area contributed by atoms with Crippen LogP contribution in [0.3, 0.4) is 0 Å². The number of nitrogens with one attached hydrogen (secondary N) is 1. The number of thiocarbonyl (C=S) groups is 1. The van der Waals surface area contributed by atoms with Gasteiger partial charge in [-0.05, 0) is 92.3 Å². The van der Waals surface area contributed by atoms with Gasteiger partial charge in [-0.3, -0.25) is 4.98 Å². The minimum absolute atomic E-state index is 0.0763. The lowest BCUT2D eigenvalue weighted by Crippen LogP contribution is -2.29. The number of rotatable bonds is 5. The van der Waals surface area contributed by atoms with Crippen LogP contribution in [0.25, 0.3) is 5.69 Å². The van der Waals surface area contributed by atoms with Crippen molar-refractivity contribution >= 4 is 40.6 Å². The number of ether oxygens (including phenoxy) is 1. The largest absolute Gasteiger partial charge is 0.506 e. The lowest BCUT2D eigenvalue weighted by atomic mass is 9.96. The van der Waals surface area contributed by atoms with E-state index < -0.39 is 0 Å². The summed E-state index contributed by atoms with van der Waals surface area (Å²) >= 11 is 12.1. The van der Waals surface area contributed by atoms with Crippen LogP contribution in [0, 0.1) is 13.8 Å². The Morgan fingerprint density at radius 1 is 1.11 bits per heavy atom. The van der Waals surface area contributed by atoms with E-state index in [1.165, 1.54) is 7.11 Å². The van der Waals surface area contributed by atoms with E-state index >= 15 is 0 Å². The van der Waals surface area contributed by atoms with Gasteiger partial charge in [-0.15, -0.1) is 0 Å². The average Bonchev–Trinajstić information content (AvgIpc) is 3.40. The van der Waals surface area contributed by atoms with E-state index in [2.05, 4.69) is 20.9 Å². The topological polar surface area (TPSA) is 79.6 Å². The summed E-state index contributed by atoms with van der Waals surface area (Å²) in [4.78, 5) is 18.4. The molecule has 2 aromatic carbocycles. The SMILES string of the molecule is COC(=O)c1ccc(-n2c(C)cc([C@@H]3[C@H](c4ccccn4)NC(=S)N3c3cc(Cl)ccc3O)c2C)cc1. The summed E-state index contributed by atoms with van der Waals surface area (Å²) in [6, 6.07) is 19.5. The minimum atomic E-state index is -0.381. The van der Waals surface area contributed by atoms with Gasteiger partial charge in [0.25, 0.3) is 0 Å². The predicted molar refractivity (Wildman–Crippen MR) is 148 cm³/mol. The van der Waals surface area contributed by atoms with Crippen molar-refractivity contribution in [3.05, 3.63) is 106 Å². The van der Waals surface area contributed by atoms with Gasteiger partial charge in [-0.25, -0.2) is 4.79 Å². The van der Waals surface area contributed by atoms with Gasteiger partial charge in [0.05, 0.1) is 36.1 Å². The second-order valence-electron chi connectivity index (χ2n) is 8.83. The molecule has 3 heterocycles. The Balaban J connectivity index is 1.66. The molecule has 2 atom stereocenters. The fraction of sp³-hybridized carbons (Fsp3) is 0.179. The fourth-order valence-corrected chi connectivity index (χ4v) is 5.47. The van der Waals surface area contributed by atoms with E-state index in [0.717, 1.165) is 28.3 Å². The van der Waals surface area contributed by atoms with Crippen molar-refractivity contribution in [1.82, 2.24) is 14.9 Å². The summed E-state index contributed by atoms with van der Waals surface area (Å²) in [5.74, 6) is -0.304. The number of hydrogen-bond acceptors (Lipinski definition) is 5. The number of carbonyl (C=O) groups excluding carboxylic acids is 1. The van der Waals surface area contributed by atoms with E-state index in [1.54, 1.807) is 36.5 Å². The molecule has 37 heavy (non-hydrogen) atoms.